The summed E-state index contributed by atoms with van der Waals surface area (Å²) in [5, 5.41) is 4.01. The van der Waals surface area contributed by atoms with Crippen LogP contribution in [0.5, 0.6) is 0 Å². The van der Waals surface area contributed by atoms with E-state index in [1.165, 1.54) is 10.9 Å². The summed E-state index contributed by atoms with van der Waals surface area (Å²) in [6.45, 7) is 2.08. The number of nitrogens with two attached hydrogens (primary N) is 1. The summed E-state index contributed by atoms with van der Waals surface area (Å²) >= 11 is 4.72. The largest absolute Gasteiger partial charge is 0.368 e. The molecule has 0 spiro atoms. The van der Waals surface area contributed by atoms with E-state index in [0.29, 0.717) is 16.0 Å². The second-order valence-corrected chi connectivity index (χ2v) is 6.44. The predicted molar refractivity (Wildman–Crippen MR) is 88.6 cm³/mol. The first-order valence-electron chi connectivity index (χ1n) is 6.35. The first-order valence-corrected chi connectivity index (χ1v) is 7.95. The van der Waals surface area contributed by atoms with Crippen molar-refractivity contribution < 1.29 is 4.39 Å². The van der Waals surface area contributed by atoms with Gasteiger partial charge in [0.1, 0.15) is 16.5 Å². The van der Waals surface area contributed by atoms with Gasteiger partial charge in [-0.15, -0.1) is 11.3 Å². The third kappa shape index (κ3) is 2.84. The fourth-order valence-electron chi connectivity index (χ4n) is 1.97. The lowest BCUT2D eigenvalue weighted by atomic mass is 10.2. The molecule has 7 heteroatoms. The van der Waals surface area contributed by atoms with Gasteiger partial charge in [-0.2, -0.15) is 4.98 Å². The zero-order chi connectivity index (χ0) is 15.0. The maximum Gasteiger partial charge on any atom is 0.223 e. The second-order valence-electron chi connectivity index (χ2n) is 4.47. The van der Waals surface area contributed by atoms with Crippen molar-refractivity contribution in [2.75, 3.05) is 11.1 Å². The Hall–Kier alpha value is -1.73. The van der Waals surface area contributed by atoms with E-state index in [1.54, 1.807) is 23.5 Å². The molecule has 0 atom stereocenters. The highest BCUT2D eigenvalue weighted by Crippen LogP contribution is 2.32. The molecule has 2 aromatic heterocycles. The minimum absolute atomic E-state index is 0.201. The van der Waals surface area contributed by atoms with E-state index in [2.05, 4.69) is 38.1 Å². The molecule has 0 radical (unpaired) electrons. The number of nitrogens with zero attached hydrogens (tertiary/aromatic N) is 2. The third-order valence-electron chi connectivity index (χ3n) is 2.99. The van der Waals surface area contributed by atoms with Crippen LogP contribution >= 0.6 is 27.3 Å². The fourth-order valence-corrected chi connectivity index (χ4v) is 3.19. The molecule has 0 aliphatic heterocycles. The van der Waals surface area contributed by atoms with Crippen molar-refractivity contribution in [3.05, 3.63) is 39.4 Å². The predicted octanol–water partition coefficient (Wildman–Crippen LogP) is 4.48. The molecule has 3 aromatic rings. The number of aryl methyl sites for hydroxylation is 1. The normalized spacial score (nSPS) is 11.0. The average molecular weight is 367 g/mol. The first kappa shape index (κ1) is 14.2. The zero-order valence-corrected chi connectivity index (χ0v) is 13.6. The molecule has 0 fully saturated rings. The van der Waals surface area contributed by atoms with Crippen LogP contribution < -0.4 is 11.1 Å². The Morgan fingerprint density at radius 2 is 2.14 bits per heavy atom. The number of benzene rings is 1. The number of thiophene rings is 1. The molecule has 3 N–H and O–H groups in total. The van der Waals surface area contributed by atoms with Crippen molar-refractivity contribution in [2.24, 2.45) is 0 Å². The fraction of sp³-hybridized carbons (Fsp3) is 0.143. The number of nitrogen functional groups attached to an aromatic ring is 1. The van der Waals surface area contributed by atoms with Crippen LogP contribution in [0, 0.1) is 5.82 Å². The van der Waals surface area contributed by atoms with Gasteiger partial charge in [-0.25, -0.2) is 9.37 Å². The minimum Gasteiger partial charge on any atom is -0.368 e. The number of anilines is 3. The Labute approximate surface area is 133 Å². The van der Waals surface area contributed by atoms with Crippen molar-refractivity contribution in [1.82, 2.24) is 9.97 Å². The molecule has 1 aromatic carbocycles. The van der Waals surface area contributed by atoms with Crippen molar-refractivity contribution in [2.45, 2.75) is 13.3 Å². The summed E-state index contributed by atoms with van der Waals surface area (Å²) in [6.07, 6.45) is 0.924. The van der Waals surface area contributed by atoms with Gasteiger partial charge in [-0.1, -0.05) is 6.92 Å². The summed E-state index contributed by atoms with van der Waals surface area (Å²) in [5.41, 5.74) is 6.36. The highest BCUT2D eigenvalue weighted by molar-refractivity contribution is 9.10. The molecule has 3 rings (SSSR count). The lowest BCUT2D eigenvalue weighted by molar-refractivity contribution is 0.622. The SMILES string of the molecule is CCc1cc2c(Nc3ccc(Br)c(F)c3)nc(N)nc2s1. The quantitative estimate of drug-likeness (QED) is 0.716. The molecule has 21 heavy (non-hydrogen) atoms. The molecule has 0 bridgehead atoms. The maximum atomic E-state index is 13.6. The third-order valence-corrected chi connectivity index (χ3v) is 4.81. The van der Waals surface area contributed by atoms with Crippen LogP contribution in [-0.4, -0.2) is 9.97 Å². The monoisotopic (exact) mass is 366 g/mol. The smallest absolute Gasteiger partial charge is 0.223 e. The van der Waals surface area contributed by atoms with Crippen molar-refractivity contribution >= 4 is 54.9 Å². The van der Waals surface area contributed by atoms with E-state index < -0.39 is 0 Å². The Kier molecular flexibility index (Phi) is 3.77. The second kappa shape index (κ2) is 5.57. The number of hydrogen-bond acceptors (Lipinski definition) is 5. The van der Waals surface area contributed by atoms with Gasteiger partial charge in [-0.3, -0.25) is 0 Å². The van der Waals surface area contributed by atoms with E-state index in [-0.39, 0.29) is 11.8 Å². The topological polar surface area (TPSA) is 63.8 Å². The van der Waals surface area contributed by atoms with Gasteiger partial charge in [0.05, 0.1) is 9.86 Å². The molecule has 0 amide bonds. The van der Waals surface area contributed by atoms with Crippen LogP contribution in [0.1, 0.15) is 11.8 Å². The first-order chi connectivity index (χ1) is 10.1. The summed E-state index contributed by atoms with van der Waals surface area (Å²) in [4.78, 5) is 10.5. The molecule has 108 valence electrons. The Morgan fingerprint density at radius 3 is 2.86 bits per heavy atom. The van der Waals surface area contributed by atoms with Crippen LogP contribution in [0.2, 0.25) is 0 Å². The van der Waals surface area contributed by atoms with E-state index in [1.807, 2.05) is 6.07 Å². The van der Waals surface area contributed by atoms with Crippen molar-refractivity contribution in [1.29, 1.82) is 0 Å². The van der Waals surface area contributed by atoms with Crippen molar-refractivity contribution in [3.8, 4) is 0 Å². The zero-order valence-electron chi connectivity index (χ0n) is 11.2. The van der Waals surface area contributed by atoms with Gasteiger partial charge in [0.15, 0.2) is 0 Å². The van der Waals surface area contributed by atoms with E-state index in [4.69, 9.17) is 5.73 Å². The highest BCUT2D eigenvalue weighted by atomic mass is 79.9. The average Bonchev–Trinajstić information content (AvgIpc) is 2.86. The van der Waals surface area contributed by atoms with Crippen LogP contribution in [0.4, 0.5) is 21.8 Å². The molecule has 0 saturated heterocycles. The number of fused-ring (bicyclic) bond motifs is 1. The van der Waals surface area contributed by atoms with Gasteiger partial charge in [-0.05, 0) is 46.6 Å². The van der Waals surface area contributed by atoms with Gasteiger partial charge in [0.2, 0.25) is 5.95 Å². The Balaban J connectivity index is 2.06. The lowest BCUT2D eigenvalue weighted by Crippen LogP contribution is -2.00. The number of aromatic nitrogens is 2. The van der Waals surface area contributed by atoms with Crippen LogP contribution in [0.25, 0.3) is 10.2 Å². The summed E-state index contributed by atoms with van der Waals surface area (Å²) in [5.74, 6) is 0.458. The van der Waals surface area contributed by atoms with Gasteiger partial charge in [0, 0.05) is 10.6 Å². The molecule has 0 saturated carbocycles. The summed E-state index contributed by atoms with van der Waals surface area (Å²) < 4.78 is 14.0. The molecule has 0 unspecified atom stereocenters. The molecule has 4 nitrogen and oxygen atoms in total. The summed E-state index contributed by atoms with van der Waals surface area (Å²) in [7, 11) is 0. The number of halogens is 2. The van der Waals surface area contributed by atoms with E-state index in [0.717, 1.165) is 16.6 Å². The van der Waals surface area contributed by atoms with Gasteiger partial charge in [0.25, 0.3) is 0 Å². The molecular formula is C14H12BrFN4S. The summed E-state index contributed by atoms with van der Waals surface area (Å²) in [6, 6.07) is 6.85. The highest BCUT2D eigenvalue weighted by Gasteiger charge is 2.11. The van der Waals surface area contributed by atoms with Crippen molar-refractivity contribution in [3.63, 3.8) is 0 Å². The van der Waals surface area contributed by atoms with Crippen LogP contribution in [-0.2, 0) is 6.42 Å². The lowest BCUT2D eigenvalue weighted by Gasteiger charge is -2.08. The Bertz CT molecular complexity index is 818. The van der Waals surface area contributed by atoms with Crippen LogP contribution in [0.3, 0.4) is 0 Å². The molecule has 0 aliphatic rings. The number of nitrogens with one attached hydrogen (secondary N) is 1. The Morgan fingerprint density at radius 1 is 1.33 bits per heavy atom. The van der Waals surface area contributed by atoms with Crippen LogP contribution in [0.15, 0.2) is 28.7 Å². The number of hydrogen-bond donors (Lipinski definition) is 2. The van der Waals surface area contributed by atoms with Gasteiger partial charge >= 0.3 is 0 Å². The standard InChI is InChI=1S/C14H12BrFN4S/c1-2-8-6-9-12(19-14(17)20-13(9)21-8)18-7-3-4-10(15)11(16)5-7/h3-6H,2H2,1H3,(H3,17,18,19,20). The molecule has 2 heterocycles. The minimum atomic E-state index is -0.335. The molecular weight excluding hydrogens is 355 g/mol. The van der Waals surface area contributed by atoms with Gasteiger partial charge < -0.3 is 11.1 Å². The molecule has 0 aliphatic carbocycles. The van der Waals surface area contributed by atoms with E-state index in [9.17, 15) is 4.39 Å². The maximum absolute atomic E-state index is 13.6. The van der Waals surface area contributed by atoms with E-state index >= 15 is 0 Å². The number of rotatable bonds is 3.